The first kappa shape index (κ1) is 14.3. The number of anilines is 1. The lowest BCUT2D eigenvalue weighted by atomic mass is 10.1. The predicted molar refractivity (Wildman–Crippen MR) is 77.9 cm³/mol. The van der Waals surface area contributed by atoms with Crippen LogP contribution in [0.15, 0.2) is 46.9 Å². The van der Waals surface area contributed by atoms with E-state index in [2.05, 4.69) is 21.2 Å². The number of rotatable bonds is 4. The molecule has 5 heteroatoms. The highest BCUT2D eigenvalue weighted by atomic mass is 79.9. The molecule has 2 aromatic carbocycles. The molecule has 0 fully saturated rings. The van der Waals surface area contributed by atoms with Crippen LogP contribution in [-0.4, -0.2) is 0 Å². The zero-order valence-corrected chi connectivity index (χ0v) is 12.2. The molecule has 100 valence electrons. The Morgan fingerprint density at radius 3 is 2.42 bits per heavy atom. The van der Waals surface area contributed by atoms with Crippen LogP contribution in [0.25, 0.3) is 0 Å². The van der Waals surface area contributed by atoms with Gasteiger partial charge in [-0.1, -0.05) is 35.9 Å². The summed E-state index contributed by atoms with van der Waals surface area (Å²) in [6, 6.07) is 11.7. The third-order valence-electron chi connectivity index (χ3n) is 2.64. The topological polar surface area (TPSA) is 12.0 Å². The van der Waals surface area contributed by atoms with Crippen molar-refractivity contribution in [1.82, 2.24) is 0 Å². The van der Waals surface area contributed by atoms with E-state index in [4.69, 9.17) is 11.6 Å². The molecule has 0 spiro atoms. The first-order valence-corrected chi connectivity index (χ1v) is 6.79. The maximum absolute atomic E-state index is 12.4. The molecular weight excluding hydrogens is 336 g/mol. The fourth-order valence-corrected chi connectivity index (χ4v) is 2.17. The minimum Gasteiger partial charge on any atom is -0.380 e. The van der Waals surface area contributed by atoms with Gasteiger partial charge in [0.25, 0.3) is 6.43 Å². The van der Waals surface area contributed by atoms with Gasteiger partial charge in [0.2, 0.25) is 0 Å². The zero-order valence-electron chi connectivity index (χ0n) is 9.84. The number of hydrogen-bond donors (Lipinski definition) is 1. The second kappa shape index (κ2) is 6.35. The molecule has 0 heterocycles. The number of benzene rings is 2. The highest BCUT2D eigenvalue weighted by molar-refractivity contribution is 9.10. The fourth-order valence-electron chi connectivity index (χ4n) is 1.61. The number of hydrogen-bond acceptors (Lipinski definition) is 1. The Balaban J connectivity index is 2.04. The Hall–Kier alpha value is -1.13. The summed E-state index contributed by atoms with van der Waals surface area (Å²) < 4.78 is 25.7. The molecule has 0 radical (unpaired) electrons. The summed E-state index contributed by atoms with van der Waals surface area (Å²) in [6.07, 6.45) is -2.43. The second-order valence-corrected chi connectivity index (χ2v) is 5.31. The molecular formula is C14H11BrClF2N. The summed E-state index contributed by atoms with van der Waals surface area (Å²) in [7, 11) is 0. The van der Waals surface area contributed by atoms with E-state index in [1.54, 1.807) is 24.3 Å². The summed E-state index contributed by atoms with van der Waals surface area (Å²) >= 11 is 9.32. The van der Waals surface area contributed by atoms with Crippen molar-refractivity contribution in [3.8, 4) is 0 Å². The lowest BCUT2D eigenvalue weighted by Gasteiger charge is -2.09. The van der Waals surface area contributed by atoms with Crippen LogP contribution >= 0.6 is 27.5 Å². The Morgan fingerprint density at radius 1 is 1.11 bits per heavy atom. The third-order valence-corrected chi connectivity index (χ3v) is 3.57. The third kappa shape index (κ3) is 3.91. The highest BCUT2D eigenvalue weighted by Crippen LogP contribution is 2.26. The van der Waals surface area contributed by atoms with Gasteiger partial charge in [0.05, 0.1) is 5.69 Å². The minimum absolute atomic E-state index is 0.0349. The van der Waals surface area contributed by atoms with Crippen LogP contribution in [0, 0.1) is 0 Å². The lowest BCUT2D eigenvalue weighted by Crippen LogP contribution is -2.00. The Morgan fingerprint density at radius 2 is 1.79 bits per heavy atom. The first-order chi connectivity index (χ1) is 9.06. The molecule has 0 aromatic heterocycles. The van der Waals surface area contributed by atoms with Gasteiger partial charge in [0.1, 0.15) is 0 Å². The molecule has 2 rings (SSSR count). The van der Waals surface area contributed by atoms with E-state index >= 15 is 0 Å². The van der Waals surface area contributed by atoms with Crippen LogP contribution in [-0.2, 0) is 6.54 Å². The molecule has 0 saturated heterocycles. The van der Waals surface area contributed by atoms with Crippen LogP contribution in [0.1, 0.15) is 17.6 Å². The first-order valence-electron chi connectivity index (χ1n) is 5.62. The minimum atomic E-state index is -2.43. The van der Waals surface area contributed by atoms with Gasteiger partial charge in [-0.2, -0.15) is 0 Å². The van der Waals surface area contributed by atoms with Crippen LogP contribution in [0.3, 0.4) is 0 Å². The quantitative estimate of drug-likeness (QED) is 0.754. The van der Waals surface area contributed by atoms with Gasteiger partial charge in [-0.15, -0.1) is 0 Å². The molecule has 19 heavy (non-hydrogen) atoms. The smallest absolute Gasteiger partial charge is 0.263 e. The largest absolute Gasteiger partial charge is 0.380 e. The molecule has 0 atom stereocenters. The zero-order chi connectivity index (χ0) is 13.8. The summed E-state index contributed by atoms with van der Waals surface area (Å²) in [5.41, 5.74) is 1.83. The van der Waals surface area contributed by atoms with E-state index in [9.17, 15) is 8.78 Å². The van der Waals surface area contributed by atoms with Gasteiger partial charge < -0.3 is 5.32 Å². The average molecular weight is 347 g/mol. The van der Waals surface area contributed by atoms with Crippen LogP contribution in [0.2, 0.25) is 5.02 Å². The van der Waals surface area contributed by atoms with Crippen LogP contribution in [0.5, 0.6) is 0 Å². The van der Waals surface area contributed by atoms with Crippen LogP contribution < -0.4 is 5.32 Å². The van der Waals surface area contributed by atoms with Crippen molar-refractivity contribution < 1.29 is 8.78 Å². The van der Waals surface area contributed by atoms with E-state index in [-0.39, 0.29) is 5.56 Å². The molecule has 0 amide bonds. The summed E-state index contributed by atoms with van der Waals surface area (Å²) in [5.74, 6) is 0. The van der Waals surface area contributed by atoms with Crippen molar-refractivity contribution in [2.45, 2.75) is 13.0 Å². The molecule has 0 aliphatic carbocycles. The number of halogens is 4. The monoisotopic (exact) mass is 345 g/mol. The maximum Gasteiger partial charge on any atom is 0.263 e. The van der Waals surface area contributed by atoms with E-state index in [1.165, 1.54) is 12.1 Å². The van der Waals surface area contributed by atoms with Gasteiger partial charge in [0.15, 0.2) is 0 Å². The second-order valence-electron chi connectivity index (χ2n) is 4.02. The molecule has 2 aromatic rings. The molecule has 0 saturated carbocycles. The molecule has 0 aliphatic rings. The van der Waals surface area contributed by atoms with Gasteiger partial charge in [-0.3, -0.25) is 0 Å². The standard InChI is InChI=1S/C14H11BrClF2N/c15-12-6-5-11(16)7-13(12)19-8-9-1-3-10(4-2-9)14(17)18/h1-7,14,19H,8H2. The molecule has 0 bridgehead atoms. The normalized spacial score (nSPS) is 10.8. The maximum atomic E-state index is 12.4. The van der Waals surface area contributed by atoms with Gasteiger partial charge in [-0.25, -0.2) is 8.78 Å². The summed E-state index contributed by atoms with van der Waals surface area (Å²) in [5, 5.41) is 3.84. The highest BCUT2D eigenvalue weighted by Gasteiger charge is 2.06. The number of nitrogens with one attached hydrogen (secondary N) is 1. The van der Waals surface area contributed by atoms with E-state index in [0.717, 1.165) is 15.7 Å². The summed E-state index contributed by atoms with van der Waals surface area (Å²) in [4.78, 5) is 0. The summed E-state index contributed by atoms with van der Waals surface area (Å²) in [6.45, 7) is 0.544. The van der Waals surface area contributed by atoms with Crippen LogP contribution in [0.4, 0.5) is 14.5 Å². The van der Waals surface area contributed by atoms with E-state index < -0.39 is 6.43 Å². The van der Waals surface area contributed by atoms with Gasteiger partial charge >= 0.3 is 0 Å². The van der Waals surface area contributed by atoms with Crippen molar-refractivity contribution in [3.63, 3.8) is 0 Å². The average Bonchev–Trinajstić information content (AvgIpc) is 2.40. The Labute approximate surface area is 123 Å². The molecule has 0 aliphatic heterocycles. The molecule has 1 N–H and O–H groups in total. The van der Waals surface area contributed by atoms with Gasteiger partial charge in [-0.05, 0) is 39.7 Å². The van der Waals surface area contributed by atoms with Crippen molar-refractivity contribution in [2.75, 3.05) is 5.32 Å². The molecule has 1 nitrogen and oxygen atoms in total. The van der Waals surface area contributed by atoms with Crippen molar-refractivity contribution in [3.05, 3.63) is 63.1 Å². The van der Waals surface area contributed by atoms with Gasteiger partial charge in [0, 0.05) is 21.6 Å². The van der Waals surface area contributed by atoms with Crippen molar-refractivity contribution >= 4 is 33.2 Å². The van der Waals surface area contributed by atoms with E-state index in [0.29, 0.717) is 11.6 Å². The SMILES string of the molecule is FC(F)c1ccc(CNc2cc(Cl)ccc2Br)cc1. The Kier molecular flexibility index (Phi) is 4.77. The predicted octanol–water partition coefficient (Wildman–Crippen LogP) is 5.65. The Bertz CT molecular complexity index is 558. The fraction of sp³-hybridized carbons (Fsp3) is 0.143. The van der Waals surface area contributed by atoms with Crippen molar-refractivity contribution in [2.24, 2.45) is 0 Å². The molecule has 0 unspecified atom stereocenters. The van der Waals surface area contributed by atoms with Crippen molar-refractivity contribution in [1.29, 1.82) is 0 Å². The lowest BCUT2D eigenvalue weighted by molar-refractivity contribution is 0.151. The number of alkyl halides is 2. The van der Waals surface area contributed by atoms with E-state index in [1.807, 2.05) is 6.07 Å².